The van der Waals surface area contributed by atoms with Crippen molar-refractivity contribution in [1.82, 2.24) is 19.6 Å². The van der Waals surface area contributed by atoms with Gasteiger partial charge in [0.1, 0.15) is 20.0 Å². The van der Waals surface area contributed by atoms with Crippen LogP contribution in [-0.2, 0) is 21.1 Å². The van der Waals surface area contributed by atoms with Gasteiger partial charge in [0.15, 0.2) is 10.2 Å². The molecule has 2 heterocycles. The van der Waals surface area contributed by atoms with Crippen molar-refractivity contribution in [2.75, 3.05) is 26.2 Å². The first-order valence-corrected chi connectivity index (χ1v) is 10.1. The minimum Gasteiger partial charge on any atom is -0.307 e. The number of nitrogens with zero attached hydrogens (tertiary/aromatic N) is 4. The van der Waals surface area contributed by atoms with Crippen LogP contribution in [0, 0.1) is 0 Å². The molecule has 2 aliphatic heterocycles. The van der Waals surface area contributed by atoms with Crippen molar-refractivity contribution in [3.05, 3.63) is 0 Å². The van der Waals surface area contributed by atoms with Crippen LogP contribution in [0.3, 0.4) is 0 Å². The van der Waals surface area contributed by atoms with Crippen molar-refractivity contribution in [1.29, 1.82) is 0 Å². The Bertz CT molecular complexity index is 508. The van der Waals surface area contributed by atoms with E-state index in [0.717, 1.165) is 36.4 Å². The van der Waals surface area contributed by atoms with Crippen molar-refractivity contribution in [3.63, 3.8) is 0 Å². The molecule has 0 unspecified atom stereocenters. The Morgan fingerprint density at radius 3 is 0.720 bits per heavy atom. The smallest absolute Gasteiger partial charge is 0.182 e. The first kappa shape index (κ1) is 25.4. The van der Waals surface area contributed by atoms with Crippen LogP contribution in [0.25, 0.3) is 0 Å². The fourth-order valence-electron chi connectivity index (χ4n) is 2.22. The summed E-state index contributed by atoms with van der Waals surface area (Å²) in [6.07, 6.45) is 0. The van der Waals surface area contributed by atoms with E-state index >= 15 is 0 Å². The van der Waals surface area contributed by atoms with E-state index in [9.17, 15) is 0 Å². The van der Waals surface area contributed by atoms with E-state index in [1.165, 1.54) is 0 Å². The molecular weight excluding hydrogens is 612 g/mol. The van der Waals surface area contributed by atoms with E-state index in [1.807, 2.05) is 47.3 Å². The molecular formula is C14H20N4PtS6. The quantitative estimate of drug-likeness (QED) is 0.428. The largest absolute Gasteiger partial charge is 0.307 e. The molecule has 11 heteroatoms. The standard InChI is InChI=1S/2C7H10N2S3.Pt/c2*1-3-8-5(10)6(11)9(4-2)7(8)12;/h2*3-4H2,1-2H3;. The van der Waals surface area contributed by atoms with Gasteiger partial charge in [-0.15, -0.1) is 0 Å². The van der Waals surface area contributed by atoms with Crippen LogP contribution in [0.5, 0.6) is 0 Å². The molecule has 0 amide bonds. The van der Waals surface area contributed by atoms with Gasteiger partial charge >= 0.3 is 0 Å². The zero-order valence-corrected chi connectivity index (χ0v) is 21.6. The first-order valence-electron chi connectivity index (χ1n) is 7.61. The van der Waals surface area contributed by atoms with Crippen molar-refractivity contribution >= 4 is 103 Å². The van der Waals surface area contributed by atoms with Crippen LogP contribution >= 0.6 is 73.3 Å². The molecule has 2 rings (SSSR count). The van der Waals surface area contributed by atoms with Gasteiger partial charge in [-0.3, -0.25) is 0 Å². The summed E-state index contributed by atoms with van der Waals surface area (Å²) in [5.74, 6) is 0. The summed E-state index contributed by atoms with van der Waals surface area (Å²) < 4.78 is 0. The SMILES string of the molecule is CCN1C(=S)C(=S)N(CC)C1=S.CCN1C(=S)C(=S)N(CC)C1=S.[Pt]. The molecule has 0 aliphatic carbocycles. The summed E-state index contributed by atoms with van der Waals surface area (Å²) in [5.41, 5.74) is 0. The van der Waals surface area contributed by atoms with Crippen LogP contribution in [0.1, 0.15) is 27.7 Å². The Labute approximate surface area is 196 Å². The third-order valence-corrected chi connectivity index (χ3v) is 6.33. The number of hydrogen-bond donors (Lipinski definition) is 0. The number of likely N-dealkylation sites (N-methyl/N-ethyl adjacent to an activating group) is 4. The second kappa shape index (κ2) is 11.3. The van der Waals surface area contributed by atoms with Gasteiger partial charge in [-0.25, -0.2) is 0 Å². The van der Waals surface area contributed by atoms with Gasteiger partial charge in [-0.1, -0.05) is 48.9 Å². The average molecular weight is 632 g/mol. The van der Waals surface area contributed by atoms with Gasteiger partial charge < -0.3 is 19.6 Å². The molecule has 25 heavy (non-hydrogen) atoms. The van der Waals surface area contributed by atoms with E-state index in [2.05, 4.69) is 0 Å². The minimum atomic E-state index is 0. The van der Waals surface area contributed by atoms with Crippen molar-refractivity contribution in [3.8, 4) is 0 Å². The topological polar surface area (TPSA) is 13.0 Å². The van der Waals surface area contributed by atoms with Crippen molar-refractivity contribution in [2.24, 2.45) is 0 Å². The third kappa shape index (κ3) is 5.24. The first-order chi connectivity index (χ1) is 11.3. The molecule has 0 N–H and O–H groups in total. The Kier molecular flexibility index (Phi) is 11.5. The zero-order chi connectivity index (χ0) is 18.6. The summed E-state index contributed by atoms with van der Waals surface area (Å²) in [7, 11) is 0. The summed E-state index contributed by atoms with van der Waals surface area (Å²) in [6.45, 7) is 11.3. The molecule has 0 aromatic carbocycles. The molecule has 142 valence electrons. The molecule has 0 radical (unpaired) electrons. The van der Waals surface area contributed by atoms with E-state index in [1.54, 1.807) is 0 Å². The maximum absolute atomic E-state index is 5.19. The molecule has 0 spiro atoms. The van der Waals surface area contributed by atoms with E-state index in [-0.39, 0.29) is 21.1 Å². The summed E-state index contributed by atoms with van der Waals surface area (Å²) in [5, 5.41) is 1.49. The molecule has 0 atom stereocenters. The maximum Gasteiger partial charge on any atom is 0.182 e. The Balaban J connectivity index is 0.000000443. The predicted molar refractivity (Wildman–Crippen MR) is 125 cm³/mol. The average Bonchev–Trinajstić information content (AvgIpc) is 2.90. The monoisotopic (exact) mass is 631 g/mol. The Morgan fingerprint density at radius 1 is 0.480 bits per heavy atom. The summed E-state index contributed by atoms with van der Waals surface area (Å²) in [4.78, 5) is 10.3. The predicted octanol–water partition coefficient (Wildman–Crippen LogP) is 3.16. The van der Waals surface area contributed by atoms with Gasteiger partial charge in [-0.05, 0) is 52.1 Å². The van der Waals surface area contributed by atoms with Crippen LogP contribution in [0.4, 0.5) is 0 Å². The fourth-order valence-corrected chi connectivity index (χ4v) is 4.63. The number of thiocarbonyl (C=S) groups is 6. The van der Waals surface area contributed by atoms with Gasteiger partial charge in [0.2, 0.25) is 0 Å². The van der Waals surface area contributed by atoms with Crippen molar-refractivity contribution < 1.29 is 21.1 Å². The normalized spacial score (nSPS) is 17.3. The second-order valence-electron chi connectivity index (χ2n) is 4.76. The van der Waals surface area contributed by atoms with Crippen LogP contribution in [0.15, 0.2) is 0 Å². The van der Waals surface area contributed by atoms with Gasteiger partial charge in [0, 0.05) is 47.2 Å². The zero-order valence-electron chi connectivity index (χ0n) is 14.4. The summed E-state index contributed by atoms with van der Waals surface area (Å²) in [6, 6.07) is 0. The minimum absolute atomic E-state index is 0. The molecule has 2 aliphatic rings. The Hall–Kier alpha value is 0.428. The molecule has 0 bridgehead atoms. The van der Waals surface area contributed by atoms with E-state index in [0.29, 0.717) is 20.0 Å². The summed E-state index contributed by atoms with van der Waals surface area (Å²) >= 11 is 30.9. The second-order valence-corrected chi connectivity index (χ2v) is 7.04. The number of rotatable bonds is 4. The molecule has 0 saturated carbocycles. The van der Waals surface area contributed by atoms with Crippen LogP contribution in [0.2, 0.25) is 0 Å². The molecule has 0 aromatic rings. The van der Waals surface area contributed by atoms with Gasteiger partial charge in [0.05, 0.1) is 0 Å². The van der Waals surface area contributed by atoms with Gasteiger partial charge in [0.25, 0.3) is 0 Å². The number of hydrogen-bond acceptors (Lipinski definition) is 6. The fraction of sp³-hybridized carbons (Fsp3) is 0.571. The van der Waals surface area contributed by atoms with Crippen molar-refractivity contribution in [2.45, 2.75) is 27.7 Å². The van der Waals surface area contributed by atoms with Gasteiger partial charge in [-0.2, -0.15) is 0 Å². The molecule has 0 aromatic heterocycles. The molecule has 2 saturated heterocycles. The molecule has 2 fully saturated rings. The third-order valence-electron chi connectivity index (χ3n) is 3.54. The maximum atomic E-state index is 5.19. The van der Waals surface area contributed by atoms with Crippen LogP contribution < -0.4 is 0 Å². The van der Waals surface area contributed by atoms with E-state index in [4.69, 9.17) is 73.3 Å². The Morgan fingerprint density at radius 2 is 0.640 bits per heavy atom. The van der Waals surface area contributed by atoms with Crippen LogP contribution in [-0.4, -0.2) is 76.0 Å². The molecule has 4 nitrogen and oxygen atoms in total. The van der Waals surface area contributed by atoms with E-state index < -0.39 is 0 Å².